The Morgan fingerprint density at radius 1 is 1.58 bits per heavy atom. The molecule has 0 aromatic rings. The fraction of sp³-hybridized carbons (Fsp3) is 0.625. The monoisotopic (exact) mass is 172 g/mol. The summed E-state index contributed by atoms with van der Waals surface area (Å²) in [6, 6.07) is 0. The third-order valence-corrected chi connectivity index (χ3v) is 1.46. The molecule has 1 aliphatic rings. The third-order valence-electron chi connectivity index (χ3n) is 1.46. The molecule has 0 bridgehead atoms. The minimum absolute atomic E-state index is 0.270. The summed E-state index contributed by atoms with van der Waals surface area (Å²) in [5.74, 6) is -0.302. The third kappa shape index (κ3) is 2.64. The van der Waals surface area contributed by atoms with Crippen LogP contribution in [-0.4, -0.2) is 32.1 Å². The Labute approximate surface area is 71.1 Å². The molecule has 4 heteroatoms. The average molecular weight is 172 g/mol. The van der Waals surface area contributed by atoms with Gasteiger partial charge >= 0.3 is 5.97 Å². The SMILES string of the molecule is CO[C@H]1C=C[C@@H](OC(C)=O)CO1. The van der Waals surface area contributed by atoms with Crippen molar-refractivity contribution < 1.29 is 19.0 Å². The van der Waals surface area contributed by atoms with Crippen molar-refractivity contribution in [1.29, 1.82) is 0 Å². The smallest absolute Gasteiger partial charge is 0.303 e. The lowest BCUT2D eigenvalue weighted by atomic mass is 10.3. The van der Waals surface area contributed by atoms with Gasteiger partial charge in [-0.05, 0) is 12.2 Å². The molecule has 0 aliphatic carbocycles. The van der Waals surface area contributed by atoms with E-state index in [-0.39, 0.29) is 18.4 Å². The van der Waals surface area contributed by atoms with E-state index in [4.69, 9.17) is 14.2 Å². The maximum absolute atomic E-state index is 10.5. The molecule has 0 N–H and O–H groups in total. The van der Waals surface area contributed by atoms with Crippen LogP contribution in [0.25, 0.3) is 0 Å². The molecule has 0 saturated carbocycles. The Morgan fingerprint density at radius 2 is 2.33 bits per heavy atom. The van der Waals surface area contributed by atoms with Gasteiger partial charge in [0.1, 0.15) is 6.10 Å². The van der Waals surface area contributed by atoms with Crippen molar-refractivity contribution >= 4 is 5.97 Å². The Hall–Kier alpha value is -0.870. The van der Waals surface area contributed by atoms with Crippen molar-refractivity contribution in [1.82, 2.24) is 0 Å². The van der Waals surface area contributed by atoms with Crippen molar-refractivity contribution in [2.24, 2.45) is 0 Å². The number of ether oxygens (including phenoxy) is 3. The molecule has 4 nitrogen and oxygen atoms in total. The molecule has 0 aromatic heterocycles. The van der Waals surface area contributed by atoms with E-state index in [2.05, 4.69) is 0 Å². The van der Waals surface area contributed by atoms with Crippen molar-refractivity contribution in [3.63, 3.8) is 0 Å². The first-order valence-corrected chi connectivity index (χ1v) is 3.72. The lowest BCUT2D eigenvalue weighted by Gasteiger charge is -2.21. The summed E-state index contributed by atoms with van der Waals surface area (Å²) in [5, 5.41) is 0. The van der Waals surface area contributed by atoms with Gasteiger partial charge in [0, 0.05) is 14.0 Å². The van der Waals surface area contributed by atoms with Gasteiger partial charge in [0.2, 0.25) is 0 Å². The highest BCUT2D eigenvalue weighted by Crippen LogP contribution is 2.08. The van der Waals surface area contributed by atoms with Gasteiger partial charge in [-0.1, -0.05) is 0 Å². The zero-order chi connectivity index (χ0) is 8.97. The summed E-state index contributed by atoms with van der Waals surface area (Å²) in [6.45, 7) is 1.73. The molecule has 1 heterocycles. The standard InChI is InChI=1S/C8H12O4/c1-6(9)12-7-3-4-8(10-2)11-5-7/h3-4,7-8H,5H2,1-2H3/t7-,8-/m1/s1. The van der Waals surface area contributed by atoms with Gasteiger partial charge in [0.25, 0.3) is 0 Å². The largest absolute Gasteiger partial charge is 0.456 e. The lowest BCUT2D eigenvalue weighted by Crippen LogP contribution is -2.28. The predicted octanol–water partition coefficient (Wildman–Crippen LogP) is 0.477. The van der Waals surface area contributed by atoms with Crippen LogP contribution >= 0.6 is 0 Å². The molecule has 0 amide bonds. The summed E-state index contributed by atoms with van der Waals surface area (Å²) in [6.07, 6.45) is 2.90. The van der Waals surface area contributed by atoms with Crippen LogP contribution in [0.3, 0.4) is 0 Å². The molecule has 12 heavy (non-hydrogen) atoms. The molecular formula is C8H12O4. The van der Waals surface area contributed by atoms with E-state index in [1.54, 1.807) is 19.3 Å². The van der Waals surface area contributed by atoms with E-state index in [1.165, 1.54) is 6.92 Å². The van der Waals surface area contributed by atoms with Crippen LogP contribution in [0.1, 0.15) is 6.92 Å². The first-order chi connectivity index (χ1) is 5.72. The van der Waals surface area contributed by atoms with Crippen LogP contribution in [0, 0.1) is 0 Å². The van der Waals surface area contributed by atoms with Crippen molar-refractivity contribution in [3.8, 4) is 0 Å². The van der Waals surface area contributed by atoms with Gasteiger partial charge in [-0.15, -0.1) is 0 Å². The number of carbonyl (C=O) groups excluding carboxylic acids is 1. The highest BCUT2D eigenvalue weighted by molar-refractivity contribution is 5.66. The van der Waals surface area contributed by atoms with Gasteiger partial charge < -0.3 is 14.2 Å². The van der Waals surface area contributed by atoms with Crippen LogP contribution in [0.5, 0.6) is 0 Å². The first kappa shape index (κ1) is 9.22. The molecule has 0 spiro atoms. The maximum atomic E-state index is 10.5. The van der Waals surface area contributed by atoms with Crippen LogP contribution in [0.15, 0.2) is 12.2 Å². The van der Waals surface area contributed by atoms with Gasteiger partial charge in [0.05, 0.1) is 6.61 Å². The quantitative estimate of drug-likeness (QED) is 0.449. The minimum Gasteiger partial charge on any atom is -0.456 e. The Balaban J connectivity index is 2.37. The number of rotatable bonds is 2. The van der Waals surface area contributed by atoms with Gasteiger partial charge in [-0.2, -0.15) is 0 Å². The Bertz CT molecular complexity index is 187. The van der Waals surface area contributed by atoms with Gasteiger partial charge in [-0.3, -0.25) is 4.79 Å². The van der Waals surface area contributed by atoms with Gasteiger partial charge in [-0.25, -0.2) is 0 Å². The second kappa shape index (κ2) is 4.23. The number of esters is 1. The van der Waals surface area contributed by atoms with Crippen molar-refractivity contribution in [2.75, 3.05) is 13.7 Å². The van der Waals surface area contributed by atoms with Crippen LogP contribution in [0.4, 0.5) is 0 Å². The van der Waals surface area contributed by atoms with Crippen LogP contribution < -0.4 is 0 Å². The van der Waals surface area contributed by atoms with E-state index >= 15 is 0 Å². The molecule has 0 radical (unpaired) electrons. The predicted molar refractivity (Wildman–Crippen MR) is 41.4 cm³/mol. The van der Waals surface area contributed by atoms with E-state index < -0.39 is 0 Å². The highest BCUT2D eigenvalue weighted by Gasteiger charge is 2.16. The molecular weight excluding hydrogens is 160 g/mol. The van der Waals surface area contributed by atoms with Crippen molar-refractivity contribution in [3.05, 3.63) is 12.2 Å². The molecule has 0 saturated heterocycles. The Kier molecular flexibility index (Phi) is 3.25. The molecule has 1 aliphatic heterocycles. The summed E-state index contributed by atoms with van der Waals surface area (Å²) in [7, 11) is 1.56. The van der Waals surface area contributed by atoms with E-state index in [0.29, 0.717) is 6.61 Å². The first-order valence-electron chi connectivity index (χ1n) is 3.72. The zero-order valence-corrected chi connectivity index (χ0v) is 7.15. The fourth-order valence-corrected chi connectivity index (χ4v) is 0.949. The highest BCUT2D eigenvalue weighted by atomic mass is 16.7. The molecule has 0 aromatic carbocycles. The maximum Gasteiger partial charge on any atom is 0.303 e. The second-order valence-corrected chi connectivity index (χ2v) is 2.47. The summed E-state index contributed by atoms with van der Waals surface area (Å²) in [4.78, 5) is 10.5. The molecule has 0 unspecified atom stereocenters. The fourth-order valence-electron chi connectivity index (χ4n) is 0.949. The minimum atomic E-state index is -0.309. The zero-order valence-electron chi connectivity index (χ0n) is 7.15. The van der Waals surface area contributed by atoms with E-state index in [1.807, 2.05) is 0 Å². The van der Waals surface area contributed by atoms with Gasteiger partial charge in [0.15, 0.2) is 6.29 Å². The van der Waals surface area contributed by atoms with Crippen LogP contribution in [-0.2, 0) is 19.0 Å². The average Bonchev–Trinajstić information content (AvgIpc) is 2.05. The number of methoxy groups -OCH3 is 1. The molecule has 1 rings (SSSR count). The van der Waals surface area contributed by atoms with Crippen molar-refractivity contribution in [2.45, 2.75) is 19.3 Å². The van der Waals surface area contributed by atoms with E-state index in [0.717, 1.165) is 0 Å². The van der Waals surface area contributed by atoms with Crippen LogP contribution in [0.2, 0.25) is 0 Å². The normalized spacial score (nSPS) is 28.5. The second-order valence-electron chi connectivity index (χ2n) is 2.47. The molecule has 68 valence electrons. The Morgan fingerprint density at radius 3 is 2.75 bits per heavy atom. The number of hydrogen-bond acceptors (Lipinski definition) is 4. The summed E-state index contributed by atoms with van der Waals surface area (Å²) >= 11 is 0. The molecule has 2 atom stereocenters. The molecule has 0 fully saturated rings. The summed E-state index contributed by atoms with van der Waals surface area (Å²) < 4.78 is 14.9. The van der Waals surface area contributed by atoms with E-state index in [9.17, 15) is 4.79 Å². The summed E-state index contributed by atoms with van der Waals surface area (Å²) in [5.41, 5.74) is 0. The topological polar surface area (TPSA) is 44.8 Å². The number of hydrogen-bond donors (Lipinski definition) is 0. The lowest BCUT2D eigenvalue weighted by molar-refractivity contribution is -0.156. The number of carbonyl (C=O) groups is 1.